The van der Waals surface area contributed by atoms with E-state index in [0.717, 1.165) is 12.2 Å². The fourth-order valence-electron chi connectivity index (χ4n) is 2.49. The number of hydrogen-bond donors (Lipinski definition) is 1. The molecule has 0 saturated carbocycles. The Labute approximate surface area is 111 Å². The van der Waals surface area contributed by atoms with Crippen LogP contribution in [0.15, 0.2) is 0 Å². The summed E-state index contributed by atoms with van der Waals surface area (Å²) < 4.78 is 5.49. The molecule has 5 nitrogen and oxygen atoms in total. The molecule has 3 unspecified atom stereocenters. The highest BCUT2D eigenvalue weighted by Crippen LogP contribution is 2.26. The quantitative estimate of drug-likeness (QED) is 0.825. The topological polar surface area (TPSA) is 66.8 Å². The normalized spacial score (nSPS) is 32.5. The van der Waals surface area contributed by atoms with E-state index in [1.807, 2.05) is 6.92 Å². The standard InChI is InChI=1S/C12H19NO4S/c1-8-2-4-17-11(8)12(16)13-3-5-18-7-9(13)6-10(14)15/h8-9,11H,2-7H2,1H3,(H,14,15). The lowest BCUT2D eigenvalue weighted by atomic mass is 10.0. The van der Waals surface area contributed by atoms with Crippen LogP contribution in [-0.2, 0) is 14.3 Å². The molecule has 0 bridgehead atoms. The molecule has 3 atom stereocenters. The Morgan fingerprint density at radius 1 is 1.50 bits per heavy atom. The third-order valence-electron chi connectivity index (χ3n) is 3.55. The Morgan fingerprint density at radius 2 is 2.28 bits per heavy atom. The predicted molar refractivity (Wildman–Crippen MR) is 68.6 cm³/mol. The number of nitrogens with zero attached hydrogens (tertiary/aromatic N) is 1. The minimum absolute atomic E-state index is 0.0217. The molecule has 0 aromatic carbocycles. The number of amides is 1. The van der Waals surface area contributed by atoms with Crippen LogP contribution in [0.3, 0.4) is 0 Å². The van der Waals surface area contributed by atoms with Crippen molar-refractivity contribution in [3.8, 4) is 0 Å². The number of carboxylic acids is 1. The van der Waals surface area contributed by atoms with Crippen molar-refractivity contribution in [1.82, 2.24) is 4.90 Å². The number of thioether (sulfide) groups is 1. The maximum Gasteiger partial charge on any atom is 0.305 e. The summed E-state index contributed by atoms with van der Waals surface area (Å²) in [6.07, 6.45) is 0.562. The molecule has 2 aliphatic heterocycles. The molecular weight excluding hydrogens is 254 g/mol. The summed E-state index contributed by atoms with van der Waals surface area (Å²) >= 11 is 1.71. The van der Waals surface area contributed by atoms with Gasteiger partial charge in [0.1, 0.15) is 6.10 Å². The van der Waals surface area contributed by atoms with Gasteiger partial charge >= 0.3 is 5.97 Å². The first kappa shape index (κ1) is 13.7. The lowest BCUT2D eigenvalue weighted by molar-refractivity contribution is -0.146. The van der Waals surface area contributed by atoms with Gasteiger partial charge < -0.3 is 14.7 Å². The molecule has 102 valence electrons. The minimum atomic E-state index is -0.847. The molecule has 0 aliphatic carbocycles. The molecule has 0 aromatic heterocycles. The molecule has 2 fully saturated rings. The van der Waals surface area contributed by atoms with Gasteiger partial charge in [0.05, 0.1) is 12.5 Å². The van der Waals surface area contributed by atoms with Crippen LogP contribution in [0.5, 0.6) is 0 Å². The van der Waals surface area contributed by atoms with Crippen LogP contribution < -0.4 is 0 Å². The number of aliphatic carboxylic acids is 1. The second-order valence-electron chi connectivity index (χ2n) is 4.92. The Hall–Kier alpha value is -0.750. The van der Waals surface area contributed by atoms with Gasteiger partial charge in [0.2, 0.25) is 0 Å². The van der Waals surface area contributed by atoms with Gasteiger partial charge in [-0.15, -0.1) is 0 Å². The third kappa shape index (κ3) is 2.98. The van der Waals surface area contributed by atoms with E-state index in [-0.39, 0.29) is 30.4 Å². The lowest BCUT2D eigenvalue weighted by Crippen LogP contribution is -2.51. The van der Waals surface area contributed by atoms with E-state index in [4.69, 9.17) is 9.84 Å². The van der Waals surface area contributed by atoms with Gasteiger partial charge in [-0.25, -0.2) is 0 Å². The number of hydrogen-bond acceptors (Lipinski definition) is 4. The van der Waals surface area contributed by atoms with E-state index >= 15 is 0 Å². The molecular formula is C12H19NO4S. The Balaban J connectivity index is 2.03. The number of rotatable bonds is 3. The monoisotopic (exact) mass is 273 g/mol. The van der Waals surface area contributed by atoms with E-state index in [1.54, 1.807) is 16.7 Å². The van der Waals surface area contributed by atoms with Crippen LogP contribution in [-0.4, -0.2) is 58.7 Å². The fraction of sp³-hybridized carbons (Fsp3) is 0.833. The van der Waals surface area contributed by atoms with E-state index in [9.17, 15) is 9.59 Å². The molecule has 0 radical (unpaired) electrons. The second-order valence-corrected chi connectivity index (χ2v) is 6.07. The van der Waals surface area contributed by atoms with Crippen LogP contribution in [0.25, 0.3) is 0 Å². The van der Waals surface area contributed by atoms with Gasteiger partial charge in [0, 0.05) is 24.7 Å². The molecule has 0 aromatic rings. The highest BCUT2D eigenvalue weighted by atomic mass is 32.2. The smallest absolute Gasteiger partial charge is 0.305 e. The van der Waals surface area contributed by atoms with Crippen molar-refractivity contribution >= 4 is 23.6 Å². The summed E-state index contributed by atoms with van der Waals surface area (Å²) in [5, 5.41) is 8.90. The maximum absolute atomic E-state index is 12.4. The van der Waals surface area contributed by atoms with E-state index in [1.165, 1.54) is 0 Å². The minimum Gasteiger partial charge on any atom is -0.481 e. The van der Waals surface area contributed by atoms with Crippen molar-refractivity contribution in [3.63, 3.8) is 0 Å². The van der Waals surface area contributed by atoms with Crippen LogP contribution >= 0.6 is 11.8 Å². The summed E-state index contributed by atoms with van der Waals surface area (Å²) in [6, 6.07) is -0.190. The van der Waals surface area contributed by atoms with Crippen molar-refractivity contribution in [2.75, 3.05) is 24.7 Å². The van der Waals surface area contributed by atoms with E-state index in [2.05, 4.69) is 0 Å². The van der Waals surface area contributed by atoms with Crippen molar-refractivity contribution in [3.05, 3.63) is 0 Å². The summed E-state index contributed by atoms with van der Waals surface area (Å²) in [6.45, 7) is 3.28. The first-order chi connectivity index (χ1) is 8.59. The lowest BCUT2D eigenvalue weighted by Gasteiger charge is -2.36. The number of carbonyl (C=O) groups excluding carboxylic acids is 1. The highest BCUT2D eigenvalue weighted by Gasteiger charge is 2.38. The molecule has 2 saturated heterocycles. The second kappa shape index (κ2) is 5.93. The van der Waals surface area contributed by atoms with Crippen LogP contribution in [0.4, 0.5) is 0 Å². The first-order valence-corrected chi connectivity index (χ1v) is 7.46. The van der Waals surface area contributed by atoms with Gasteiger partial charge in [-0.2, -0.15) is 11.8 Å². The van der Waals surface area contributed by atoms with Crippen LogP contribution in [0.1, 0.15) is 19.8 Å². The average molecular weight is 273 g/mol. The Kier molecular flexibility index (Phi) is 4.50. The third-order valence-corrected chi connectivity index (χ3v) is 4.64. The Morgan fingerprint density at radius 3 is 2.89 bits per heavy atom. The van der Waals surface area contributed by atoms with Gasteiger partial charge in [0.25, 0.3) is 5.91 Å². The fourth-order valence-corrected chi connectivity index (χ4v) is 3.55. The summed E-state index contributed by atoms with van der Waals surface area (Å²) in [5.41, 5.74) is 0. The van der Waals surface area contributed by atoms with Crippen molar-refractivity contribution in [2.45, 2.75) is 31.9 Å². The molecule has 0 spiro atoms. The van der Waals surface area contributed by atoms with Crippen molar-refractivity contribution in [1.29, 1.82) is 0 Å². The zero-order valence-electron chi connectivity index (χ0n) is 10.5. The number of carboxylic acid groups (broad SMARTS) is 1. The SMILES string of the molecule is CC1CCOC1C(=O)N1CCSCC1CC(=O)O. The molecule has 2 aliphatic rings. The number of carbonyl (C=O) groups is 2. The van der Waals surface area contributed by atoms with Gasteiger partial charge in [-0.1, -0.05) is 6.92 Å². The summed E-state index contributed by atoms with van der Waals surface area (Å²) in [4.78, 5) is 25.0. The van der Waals surface area contributed by atoms with Crippen LogP contribution in [0, 0.1) is 5.92 Å². The zero-order valence-corrected chi connectivity index (χ0v) is 11.3. The first-order valence-electron chi connectivity index (χ1n) is 6.31. The van der Waals surface area contributed by atoms with E-state index in [0.29, 0.717) is 18.9 Å². The molecule has 2 heterocycles. The summed E-state index contributed by atoms with van der Waals surface area (Å²) in [7, 11) is 0. The Bertz CT molecular complexity index is 336. The van der Waals surface area contributed by atoms with Crippen LogP contribution in [0.2, 0.25) is 0 Å². The number of ether oxygens (including phenoxy) is 1. The van der Waals surface area contributed by atoms with Crippen molar-refractivity contribution < 1.29 is 19.4 Å². The van der Waals surface area contributed by atoms with Crippen molar-refractivity contribution in [2.24, 2.45) is 5.92 Å². The van der Waals surface area contributed by atoms with E-state index < -0.39 is 5.97 Å². The predicted octanol–water partition coefficient (Wildman–Crippen LogP) is 0.830. The molecule has 2 rings (SSSR count). The zero-order chi connectivity index (χ0) is 13.1. The molecule has 6 heteroatoms. The average Bonchev–Trinajstić information content (AvgIpc) is 2.74. The largest absolute Gasteiger partial charge is 0.481 e. The molecule has 18 heavy (non-hydrogen) atoms. The molecule has 1 amide bonds. The van der Waals surface area contributed by atoms with Gasteiger partial charge in [0.15, 0.2) is 0 Å². The maximum atomic E-state index is 12.4. The van der Waals surface area contributed by atoms with Gasteiger partial charge in [-0.05, 0) is 12.3 Å². The molecule has 1 N–H and O–H groups in total. The highest BCUT2D eigenvalue weighted by molar-refractivity contribution is 7.99. The summed E-state index contributed by atoms with van der Waals surface area (Å²) in [5.74, 6) is 0.951. The van der Waals surface area contributed by atoms with Gasteiger partial charge in [-0.3, -0.25) is 9.59 Å².